The Morgan fingerprint density at radius 1 is 1.28 bits per heavy atom. The third-order valence-electron chi connectivity index (χ3n) is 2.89. The monoisotopic (exact) mass is 244 g/mol. The number of ether oxygens (including phenoxy) is 1. The zero-order valence-corrected chi connectivity index (χ0v) is 10.1. The van der Waals surface area contributed by atoms with Gasteiger partial charge in [0.25, 0.3) is 0 Å². The fourth-order valence-corrected chi connectivity index (χ4v) is 1.69. The molecule has 0 amide bonds. The van der Waals surface area contributed by atoms with Crippen LogP contribution in [0.2, 0.25) is 0 Å². The van der Waals surface area contributed by atoms with Gasteiger partial charge >= 0.3 is 6.08 Å². The fraction of sp³-hybridized carbons (Fsp3) is 0.357. The zero-order valence-electron chi connectivity index (χ0n) is 10.1. The zero-order chi connectivity index (χ0) is 12.2. The number of rotatable bonds is 6. The SMILES string of the molecule is c1ccc(COc2nc(CNC3CC3)co2)cc1. The molecular formula is C14H16N2O2. The van der Waals surface area contributed by atoms with E-state index in [-0.39, 0.29) is 0 Å². The van der Waals surface area contributed by atoms with Crippen molar-refractivity contribution in [3.05, 3.63) is 47.9 Å². The topological polar surface area (TPSA) is 47.3 Å². The number of nitrogens with zero attached hydrogens (tertiary/aromatic N) is 1. The van der Waals surface area contributed by atoms with Crippen molar-refractivity contribution in [3.8, 4) is 6.08 Å². The van der Waals surface area contributed by atoms with E-state index in [9.17, 15) is 0 Å². The van der Waals surface area contributed by atoms with Gasteiger partial charge in [-0.3, -0.25) is 0 Å². The van der Waals surface area contributed by atoms with E-state index in [2.05, 4.69) is 10.3 Å². The minimum atomic E-state index is 0.339. The van der Waals surface area contributed by atoms with E-state index >= 15 is 0 Å². The minimum Gasteiger partial charge on any atom is -0.445 e. The molecule has 1 aromatic heterocycles. The molecule has 1 saturated carbocycles. The van der Waals surface area contributed by atoms with Crippen molar-refractivity contribution < 1.29 is 9.15 Å². The summed E-state index contributed by atoms with van der Waals surface area (Å²) in [6.07, 6.45) is 4.53. The van der Waals surface area contributed by atoms with Crippen molar-refractivity contribution in [1.82, 2.24) is 10.3 Å². The molecule has 1 fully saturated rings. The van der Waals surface area contributed by atoms with Crippen LogP contribution in [0, 0.1) is 0 Å². The molecule has 1 aliphatic rings. The molecule has 4 heteroatoms. The molecule has 0 radical (unpaired) electrons. The summed E-state index contributed by atoms with van der Waals surface area (Å²) in [4.78, 5) is 4.27. The van der Waals surface area contributed by atoms with Crippen molar-refractivity contribution in [1.29, 1.82) is 0 Å². The first kappa shape index (κ1) is 11.3. The van der Waals surface area contributed by atoms with E-state index in [1.807, 2.05) is 30.3 Å². The Bertz CT molecular complexity index is 492. The number of hydrogen-bond donors (Lipinski definition) is 1. The Hall–Kier alpha value is -1.81. The molecule has 1 N–H and O–H groups in total. The van der Waals surface area contributed by atoms with E-state index < -0.39 is 0 Å². The smallest absolute Gasteiger partial charge is 0.394 e. The van der Waals surface area contributed by atoms with Gasteiger partial charge in [0.15, 0.2) is 0 Å². The van der Waals surface area contributed by atoms with Gasteiger partial charge in [-0.2, -0.15) is 4.98 Å². The molecule has 0 aliphatic heterocycles. The highest BCUT2D eigenvalue weighted by Crippen LogP contribution is 2.19. The fourth-order valence-electron chi connectivity index (χ4n) is 1.69. The van der Waals surface area contributed by atoms with E-state index in [1.165, 1.54) is 12.8 Å². The van der Waals surface area contributed by atoms with Crippen LogP contribution in [-0.2, 0) is 13.2 Å². The molecule has 0 unspecified atom stereocenters. The van der Waals surface area contributed by atoms with Crippen LogP contribution in [-0.4, -0.2) is 11.0 Å². The van der Waals surface area contributed by atoms with Gasteiger partial charge in [-0.1, -0.05) is 30.3 Å². The van der Waals surface area contributed by atoms with E-state index in [1.54, 1.807) is 6.26 Å². The van der Waals surface area contributed by atoms with Gasteiger partial charge in [0.1, 0.15) is 12.9 Å². The predicted molar refractivity (Wildman–Crippen MR) is 67.1 cm³/mol. The second-order valence-corrected chi connectivity index (χ2v) is 4.53. The second-order valence-electron chi connectivity index (χ2n) is 4.53. The number of nitrogens with one attached hydrogen (secondary N) is 1. The highest BCUT2D eigenvalue weighted by molar-refractivity contribution is 5.14. The molecule has 0 atom stereocenters. The lowest BCUT2D eigenvalue weighted by Crippen LogP contribution is -2.15. The molecule has 94 valence electrons. The third-order valence-corrected chi connectivity index (χ3v) is 2.89. The molecular weight excluding hydrogens is 228 g/mol. The summed E-state index contributed by atoms with van der Waals surface area (Å²) in [6, 6.07) is 10.7. The van der Waals surface area contributed by atoms with E-state index in [0.29, 0.717) is 18.7 Å². The summed E-state index contributed by atoms with van der Waals surface area (Å²) in [5, 5.41) is 3.38. The van der Waals surface area contributed by atoms with Gasteiger partial charge in [0, 0.05) is 12.6 Å². The normalized spacial score (nSPS) is 14.7. The third kappa shape index (κ3) is 3.11. The standard InChI is InChI=1S/C14H16N2O2/c1-2-4-11(5-3-1)9-17-14-16-13(10-18-14)8-15-12-6-7-12/h1-5,10,12,15H,6-9H2. The molecule has 1 aromatic carbocycles. The van der Waals surface area contributed by atoms with Crippen LogP contribution < -0.4 is 10.1 Å². The van der Waals surface area contributed by atoms with Crippen molar-refractivity contribution in [2.24, 2.45) is 0 Å². The lowest BCUT2D eigenvalue weighted by molar-refractivity contribution is 0.220. The Labute approximate surface area is 106 Å². The first-order chi connectivity index (χ1) is 8.90. The van der Waals surface area contributed by atoms with Gasteiger partial charge < -0.3 is 14.5 Å². The summed E-state index contributed by atoms with van der Waals surface area (Å²) >= 11 is 0. The highest BCUT2D eigenvalue weighted by Gasteiger charge is 2.20. The number of oxazole rings is 1. The maximum atomic E-state index is 5.49. The van der Waals surface area contributed by atoms with Crippen molar-refractivity contribution in [2.75, 3.05) is 0 Å². The summed E-state index contributed by atoms with van der Waals surface area (Å²) in [5.74, 6) is 0. The van der Waals surface area contributed by atoms with Gasteiger partial charge in [0.05, 0.1) is 5.69 Å². The number of aromatic nitrogens is 1. The maximum Gasteiger partial charge on any atom is 0.394 e. The van der Waals surface area contributed by atoms with Crippen LogP contribution in [0.1, 0.15) is 24.1 Å². The molecule has 0 bridgehead atoms. The maximum absolute atomic E-state index is 5.49. The molecule has 1 heterocycles. The van der Waals surface area contributed by atoms with Gasteiger partial charge in [-0.15, -0.1) is 0 Å². The largest absolute Gasteiger partial charge is 0.445 e. The van der Waals surface area contributed by atoms with Crippen LogP contribution in [0.3, 0.4) is 0 Å². The second kappa shape index (κ2) is 5.23. The average molecular weight is 244 g/mol. The molecule has 4 nitrogen and oxygen atoms in total. The molecule has 1 aliphatic carbocycles. The van der Waals surface area contributed by atoms with Crippen molar-refractivity contribution >= 4 is 0 Å². The Morgan fingerprint density at radius 3 is 2.89 bits per heavy atom. The lowest BCUT2D eigenvalue weighted by atomic mass is 10.2. The average Bonchev–Trinajstić information content (AvgIpc) is 3.14. The summed E-state index contributed by atoms with van der Waals surface area (Å²) in [7, 11) is 0. The lowest BCUT2D eigenvalue weighted by Gasteiger charge is -2.00. The van der Waals surface area contributed by atoms with Crippen LogP contribution in [0.4, 0.5) is 0 Å². The Kier molecular flexibility index (Phi) is 3.28. The molecule has 2 aromatic rings. The van der Waals surface area contributed by atoms with Crippen LogP contribution >= 0.6 is 0 Å². The highest BCUT2D eigenvalue weighted by atomic mass is 16.6. The first-order valence-corrected chi connectivity index (χ1v) is 6.25. The van der Waals surface area contributed by atoms with E-state index in [0.717, 1.165) is 17.8 Å². The van der Waals surface area contributed by atoms with Crippen LogP contribution in [0.25, 0.3) is 0 Å². The molecule has 18 heavy (non-hydrogen) atoms. The number of benzene rings is 1. The van der Waals surface area contributed by atoms with Gasteiger partial charge in [-0.05, 0) is 18.4 Å². The summed E-state index contributed by atoms with van der Waals surface area (Å²) in [6.45, 7) is 1.24. The molecule has 0 spiro atoms. The molecule has 3 rings (SSSR count). The Balaban J connectivity index is 1.50. The summed E-state index contributed by atoms with van der Waals surface area (Å²) < 4.78 is 10.8. The molecule has 0 saturated heterocycles. The van der Waals surface area contributed by atoms with Crippen molar-refractivity contribution in [2.45, 2.75) is 32.0 Å². The predicted octanol–water partition coefficient (Wildman–Crippen LogP) is 2.51. The van der Waals surface area contributed by atoms with E-state index in [4.69, 9.17) is 9.15 Å². The Morgan fingerprint density at radius 2 is 2.11 bits per heavy atom. The number of hydrogen-bond acceptors (Lipinski definition) is 4. The minimum absolute atomic E-state index is 0.339. The van der Waals surface area contributed by atoms with Gasteiger partial charge in [-0.25, -0.2) is 0 Å². The summed E-state index contributed by atoms with van der Waals surface area (Å²) in [5.41, 5.74) is 2.00. The van der Waals surface area contributed by atoms with Gasteiger partial charge in [0.2, 0.25) is 0 Å². The van der Waals surface area contributed by atoms with Crippen LogP contribution in [0.5, 0.6) is 6.08 Å². The van der Waals surface area contributed by atoms with Crippen molar-refractivity contribution in [3.63, 3.8) is 0 Å². The van der Waals surface area contributed by atoms with Crippen LogP contribution in [0.15, 0.2) is 41.0 Å². The first-order valence-electron chi connectivity index (χ1n) is 6.25. The quantitative estimate of drug-likeness (QED) is 0.848.